The van der Waals surface area contributed by atoms with Gasteiger partial charge in [0.2, 0.25) is 11.8 Å². The van der Waals surface area contributed by atoms with Crippen LogP contribution in [0.25, 0.3) is 10.3 Å². The molecule has 0 radical (unpaired) electrons. The van der Waals surface area contributed by atoms with E-state index in [1.165, 1.54) is 17.7 Å². The fourth-order valence-corrected chi connectivity index (χ4v) is 4.30. The van der Waals surface area contributed by atoms with E-state index in [9.17, 15) is 4.79 Å². The quantitative estimate of drug-likeness (QED) is 0.705. The van der Waals surface area contributed by atoms with E-state index in [0.29, 0.717) is 24.7 Å². The number of anilines is 1. The highest BCUT2D eigenvalue weighted by Crippen LogP contribution is 2.36. The van der Waals surface area contributed by atoms with Crippen molar-refractivity contribution in [2.75, 3.05) is 18.1 Å². The number of rotatable bonds is 6. The Kier molecular flexibility index (Phi) is 5.15. The number of ether oxygens (including phenoxy) is 1. The van der Waals surface area contributed by atoms with E-state index in [1.54, 1.807) is 0 Å². The Labute approximate surface area is 161 Å². The average Bonchev–Trinajstić information content (AvgIpc) is 3.34. The summed E-state index contributed by atoms with van der Waals surface area (Å²) in [5.74, 6) is 0.585. The van der Waals surface area contributed by atoms with Crippen LogP contribution in [0.3, 0.4) is 0 Å². The lowest BCUT2D eigenvalue weighted by Crippen LogP contribution is -2.43. The maximum atomic E-state index is 12.8. The second-order valence-electron chi connectivity index (χ2n) is 6.32. The molecule has 1 saturated heterocycles. The number of amides is 1. The molecule has 0 aliphatic carbocycles. The molecule has 3 aromatic rings. The molecule has 1 N–H and O–H groups in total. The van der Waals surface area contributed by atoms with Crippen LogP contribution >= 0.6 is 11.3 Å². The van der Waals surface area contributed by atoms with Gasteiger partial charge in [-0.05, 0) is 25.3 Å². The number of nitrogens with one attached hydrogen (secondary N) is 1. The van der Waals surface area contributed by atoms with Crippen molar-refractivity contribution in [3.8, 4) is 5.88 Å². The van der Waals surface area contributed by atoms with Gasteiger partial charge in [-0.15, -0.1) is 0 Å². The van der Waals surface area contributed by atoms with Gasteiger partial charge in [0.1, 0.15) is 17.1 Å². The zero-order valence-corrected chi connectivity index (χ0v) is 15.9. The average molecular weight is 383 g/mol. The van der Waals surface area contributed by atoms with Crippen LogP contribution in [0.15, 0.2) is 36.7 Å². The summed E-state index contributed by atoms with van der Waals surface area (Å²) in [6.45, 7) is 3.79. The minimum absolute atomic E-state index is 0.0340. The molecule has 0 spiro atoms. The Hall–Kier alpha value is -2.74. The molecular weight excluding hydrogens is 362 g/mol. The van der Waals surface area contributed by atoms with E-state index in [-0.39, 0.29) is 11.9 Å². The number of hydrogen-bond donors (Lipinski definition) is 1. The van der Waals surface area contributed by atoms with E-state index >= 15 is 0 Å². The van der Waals surface area contributed by atoms with Crippen LogP contribution in [-0.4, -0.2) is 40.1 Å². The van der Waals surface area contributed by atoms with Gasteiger partial charge in [0.25, 0.3) is 0 Å². The van der Waals surface area contributed by atoms with Gasteiger partial charge < -0.3 is 15.0 Å². The van der Waals surface area contributed by atoms with Gasteiger partial charge >= 0.3 is 0 Å². The number of nitrogens with zero attached hydrogens (tertiary/aromatic N) is 4. The second kappa shape index (κ2) is 7.87. The fourth-order valence-electron chi connectivity index (χ4n) is 3.26. The van der Waals surface area contributed by atoms with Crippen molar-refractivity contribution in [2.45, 2.75) is 32.4 Å². The van der Waals surface area contributed by atoms with Gasteiger partial charge in [0.05, 0.1) is 6.61 Å². The molecule has 3 heterocycles. The molecule has 1 amide bonds. The molecule has 0 saturated carbocycles. The highest BCUT2D eigenvalue weighted by atomic mass is 32.1. The topological polar surface area (TPSA) is 80.2 Å². The summed E-state index contributed by atoms with van der Waals surface area (Å²) in [5, 5.41) is 3.84. The molecule has 1 unspecified atom stereocenters. The second-order valence-corrected chi connectivity index (χ2v) is 7.29. The van der Waals surface area contributed by atoms with Crippen LogP contribution in [0.5, 0.6) is 5.88 Å². The Morgan fingerprint density at radius 3 is 3.00 bits per heavy atom. The highest BCUT2D eigenvalue weighted by Gasteiger charge is 2.33. The third-order valence-corrected chi connectivity index (χ3v) is 5.61. The predicted molar refractivity (Wildman–Crippen MR) is 105 cm³/mol. The van der Waals surface area contributed by atoms with Gasteiger partial charge in [-0.2, -0.15) is 4.98 Å². The van der Waals surface area contributed by atoms with E-state index in [0.717, 1.165) is 34.8 Å². The third kappa shape index (κ3) is 3.71. The molecule has 7 nitrogen and oxygen atoms in total. The number of fused-ring (bicyclic) bond motifs is 1. The molecule has 1 atom stereocenters. The predicted octanol–water partition coefficient (Wildman–Crippen LogP) is 2.77. The summed E-state index contributed by atoms with van der Waals surface area (Å²) in [6.07, 6.45) is 3.24. The number of carbonyl (C=O) groups excluding carboxylic acids is 1. The molecule has 1 aromatic carbocycles. The lowest BCUT2D eigenvalue weighted by Gasteiger charge is -2.23. The van der Waals surface area contributed by atoms with Crippen molar-refractivity contribution in [1.82, 2.24) is 20.3 Å². The van der Waals surface area contributed by atoms with E-state index in [1.807, 2.05) is 37.3 Å². The van der Waals surface area contributed by atoms with Crippen LogP contribution in [0.1, 0.15) is 25.3 Å². The molecule has 1 aliphatic rings. The highest BCUT2D eigenvalue weighted by molar-refractivity contribution is 7.22. The molecule has 0 bridgehead atoms. The maximum Gasteiger partial charge on any atom is 0.243 e. The van der Waals surface area contributed by atoms with E-state index in [4.69, 9.17) is 4.74 Å². The molecular formula is C19H21N5O2S. The number of thiazole rings is 1. The minimum Gasteiger partial charge on any atom is -0.477 e. The zero-order valence-electron chi connectivity index (χ0n) is 15.1. The summed E-state index contributed by atoms with van der Waals surface area (Å²) in [7, 11) is 0. The van der Waals surface area contributed by atoms with Crippen molar-refractivity contribution in [2.24, 2.45) is 0 Å². The van der Waals surface area contributed by atoms with Crippen LogP contribution in [0.2, 0.25) is 0 Å². The van der Waals surface area contributed by atoms with Gasteiger partial charge in [0.15, 0.2) is 10.8 Å². The summed E-state index contributed by atoms with van der Waals surface area (Å²) in [5.41, 5.74) is 1.70. The molecule has 8 heteroatoms. The molecule has 4 rings (SSSR count). The summed E-state index contributed by atoms with van der Waals surface area (Å²) < 4.78 is 6.40. The van der Waals surface area contributed by atoms with Gasteiger partial charge in [-0.25, -0.2) is 9.97 Å². The van der Waals surface area contributed by atoms with E-state index in [2.05, 4.69) is 25.2 Å². The number of hydrogen-bond acceptors (Lipinski definition) is 7. The smallest absolute Gasteiger partial charge is 0.243 e. The van der Waals surface area contributed by atoms with Crippen molar-refractivity contribution in [3.05, 3.63) is 42.2 Å². The lowest BCUT2D eigenvalue weighted by atomic mass is 10.2. The summed E-state index contributed by atoms with van der Waals surface area (Å²) in [6, 6.07) is 9.72. The molecule has 1 aliphatic heterocycles. The number of carbonyl (C=O) groups is 1. The first-order valence-electron chi connectivity index (χ1n) is 9.09. The van der Waals surface area contributed by atoms with Gasteiger partial charge in [0, 0.05) is 13.1 Å². The minimum atomic E-state index is -0.210. The molecule has 140 valence electrons. The number of aromatic nitrogens is 3. The first-order valence-corrected chi connectivity index (χ1v) is 9.90. The Morgan fingerprint density at radius 1 is 1.33 bits per heavy atom. The largest absolute Gasteiger partial charge is 0.477 e. The van der Waals surface area contributed by atoms with Crippen molar-refractivity contribution < 1.29 is 9.53 Å². The first-order chi connectivity index (χ1) is 13.3. The van der Waals surface area contributed by atoms with Crippen LogP contribution in [0.4, 0.5) is 5.13 Å². The SMILES string of the molecule is CCOc1ncnc2nc(N3CCCC3C(=O)NCc3ccccc3)sc12. The van der Waals surface area contributed by atoms with Crippen LogP contribution in [-0.2, 0) is 11.3 Å². The van der Waals surface area contributed by atoms with Crippen molar-refractivity contribution in [1.29, 1.82) is 0 Å². The summed E-state index contributed by atoms with van der Waals surface area (Å²) in [4.78, 5) is 27.9. The van der Waals surface area contributed by atoms with Gasteiger partial charge in [-0.1, -0.05) is 41.7 Å². The van der Waals surface area contributed by atoms with E-state index < -0.39 is 0 Å². The fraction of sp³-hybridized carbons (Fsp3) is 0.368. The normalized spacial score (nSPS) is 16.6. The Balaban J connectivity index is 1.51. The third-order valence-electron chi connectivity index (χ3n) is 4.54. The molecule has 2 aromatic heterocycles. The van der Waals surface area contributed by atoms with Gasteiger partial charge in [-0.3, -0.25) is 4.79 Å². The van der Waals surface area contributed by atoms with Crippen LogP contribution < -0.4 is 15.0 Å². The van der Waals surface area contributed by atoms with Crippen molar-refractivity contribution in [3.63, 3.8) is 0 Å². The summed E-state index contributed by atoms with van der Waals surface area (Å²) >= 11 is 1.48. The monoisotopic (exact) mass is 383 g/mol. The maximum absolute atomic E-state index is 12.8. The van der Waals surface area contributed by atoms with Crippen LogP contribution in [0, 0.1) is 0 Å². The number of benzene rings is 1. The zero-order chi connectivity index (χ0) is 18.6. The standard InChI is InChI=1S/C19H21N5O2S/c1-2-26-18-15-16(21-12-22-18)23-19(27-15)24-10-6-9-14(24)17(25)20-11-13-7-4-3-5-8-13/h3-5,7-8,12,14H,2,6,9-11H2,1H3,(H,20,25). The first kappa shape index (κ1) is 17.7. The Morgan fingerprint density at radius 2 is 2.19 bits per heavy atom. The Bertz CT molecular complexity index is 930. The van der Waals surface area contributed by atoms with Crippen molar-refractivity contribution >= 4 is 32.7 Å². The molecule has 1 fully saturated rings. The lowest BCUT2D eigenvalue weighted by molar-refractivity contribution is -0.122. The molecule has 27 heavy (non-hydrogen) atoms.